The molecule has 2 aromatic rings. The van der Waals surface area contributed by atoms with Crippen molar-refractivity contribution in [3.05, 3.63) is 40.5 Å². The minimum Gasteiger partial charge on any atom is -0.372 e. The zero-order valence-electron chi connectivity index (χ0n) is 15.2. The van der Waals surface area contributed by atoms with E-state index in [0.717, 1.165) is 18.9 Å². The van der Waals surface area contributed by atoms with Gasteiger partial charge in [0.2, 0.25) is 10.0 Å². The van der Waals surface area contributed by atoms with Gasteiger partial charge in [0.25, 0.3) is 5.69 Å². The van der Waals surface area contributed by atoms with E-state index >= 15 is 0 Å². The monoisotopic (exact) mass is 394 g/mol. The van der Waals surface area contributed by atoms with Crippen LogP contribution in [0, 0.1) is 10.1 Å². The predicted molar refractivity (Wildman–Crippen MR) is 98.8 cm³/mol. The number of nitrogens with one attached hydrogen (secondary N) is 1. The molecule has 0 bridgehead atoms. The fourth-order valence-electron chi connectivity index (χ4n) is 2.91. The number of nitro benzene ring substituents is 1. The molecule has 1 aliphatic carbocycles. The fourth-order valence-corrected chi connectivity index (χ4v) is 4.39. The molecule has 3 rings (SSSR count). The molecule has 1 aromatic carbocycles. The molecular formula is C16H22N6O4S. The molecule has 146 valence electrons. The maximum absolute atomic E-state index is 12.6. The van der Waals surface area contributed by atoms with Crippen LogP contribution >= 0.6 is 0 Å². The highest BCUT2D eigenvalue weighted by atomic mass is 32.2. The molecule has 1 heterocycles. The Hall–Kier alpha value is -2.53. The molecular weight excluding hydrogens is 372 g/mol. The summed E-state index contributed by atoms with van der Waals surface area (Å²) in [5.41, 5.74) is -0.0513. The quantitative estimate of drug-likeness (QED) is 0.510. The average Bonchev–Trinajstić information content (AvgIpc) is 3.38. The topological polar surface area (TPSA) is 123 Å². The van der Waals surface area contributed by atoms with Gasteiger partial charge in [-0.2, -0.15) is 4.31 Å². The number of hydrogen-bond donors (Lipinski definition) is 1. The van der Waals surface area contributed by atoms with Gasteiger partial charge in [-0.3, -0.25) is 10.1 Å². The van der Waals surface area contributed by atoms with E-state index in [-0.39, 0.29) is 22.8 Å². The third kappa shape index (κ3) is 3.93. The van der Waals surface area contributed by atoms with Gasteiger partial charge in [0, 0.05) is 25.2 Å². The van der Waals surface area contributed by atoms with Crippen LogP contribution in [-0.2, 0) is 16.6 Å². The minimum atomic E-state index is -3.77. The second kappa shape index (κ2) is 7.61. The van der Waals surface area contributed by atoms with Crippen LogP contribution in [0.5, 0.6) is 0 Å². The van der Waals surface area contributed by atoms with Crippen molar-refractivity contribution in [2.24, 2.45) is 0 Å². The van der Waals surface area contributed by atoms with Gasteiger partial charge in [-0.1, -0.05) is 13.8 Å². The summed E-state index contributed by atoms with van der Waals surface area (Å²) in [4.78, 5) is 10.8. The van der Waals surface area contributed by atoms with E-state index in [1.807, 2.05) is 4.57 Å². The summed E-state index contributed by atoms with van der Waals surface area (Å²) < 4.78 is 28.4. The second-order valence-corrected chi connectivity index (χ2v) is 8.20. The van der Waals surface area contributed by atoms with Gasteiger partial charge in [-0.05, 0) is 25.0 Å². The minimum absolute atomic E-state index is 0.0930. The molecule has 1 N–H and O–H groups in total. The summed E-state index contributed by atoms with van der Waals surface area (Å²) in [6, 6.07) is 4.30. The van der Waals surface area contributed by atoms with Gasteiger partial charge >= 0.3 is 0 Å². The number of hydrogen-bond acceptors (Lipinski definition) is 7. The maximum atomic E-state index is 12.6. The summed E-state index contributed by atoms with van der Waals surface area (Å²) in [5, 5.41) is 22.4. The number of nitrogens with zero attached hydrogens (tertiary/aromatic N) is 5. The number of benzene rings is 1. The summed E-state index contributed by atoms with van der Waals surface area (Å²) in [5.74, 6) is 0.687. The highest BCUT2D eigenvalue weighted by molar-refractivity contribution is 7.89. The number of sulfonamides is 1. The summed E-state index contributed by atoms with van der Waals surface area (Å²) in [6.45, 7) is 4.30. The molecule has 1 saturated carbocycles. The lowest BCUT2D eigenvalue weighted by molar-refractivity contribution is -0.384. The zero-order valence-corrected chi connectivity index (χ0v) is 16.0. The van der Waals surface area contributed by atoms with E-state index in [0.29, 0.717) is 25.0 Å². The number of aromatic nitrogens is 3. The van der Waals surface area contributed by atoms with Crippen LogP contribution < -0.4 is 5.32 Å². The van der Waals surface area contributed by atoms with Crippen LogP contribution in [0.25, 0.3) is 0 Å². The van der Waals surface area contributed by atoms with E-state index in [9.17, 15) is 18.5 Å². The van der Waals surface area contributed by atoms with Gasteiger partial charge in [0.15, 0.2) is 5.82 Å². The Labute approximate surface area is 157 Å². The predicted octanol–water partition coefficient (Wildman–Crippen LogP) is 2.16. The summed E-state index contributed by atoms with van der Waals surface area (Å²) in [7, 11) is -3.77. The van der Waals surface area contributed by atoms with Gasteiger partial charge in [-0.25, -0.2) is 8.42 Å². The number of nitro groups is 1. The van der Waals surface area contributed by atoms with E-state index in [1.165, 1.54) is 16.4 Å². The lowest BCUT2D eigenvalue weighted by Gasteiger charge is -2.18. The van der Waals surface area contributed by atoms with Gasteiger partial charge < -0.3 is 9.88 Å². The maximum Gasteiger partial charge on any atom is 0.293 e. The van der Waals surface area contributed by atoms with Crippen molar-refractivity contribution in [3.63, 3.8) is 0 Å². The largest absolute Gasteiger partial charge is 0.372 e. The van der Waals surface area contributed by atoms with E-state index in [4.69, 9.17) is 0 Å². The van der Waals surface area contributed by atoms with Crippen LogP contribution in [0.3, 0.4) is 0 Å². The lowest BCUT2D eigenvalue weighted by atomic mass is 10.2. The van der Waals surface area contributed by atoms with Crippen molar-refractivity contribution in [3.8, 4) is 0 Å². The Morgan fingerprint density at radius 2 is 2.04 bits per heavy atom. The van der Waals surface area contributed by atoms with Crippen LogP contribution in [0.4, 0.5) is 11.4 Å². The normalized spacial score (nSPS) is 14.5. The molecule has 0 saturated heterocycles. The Morgan fingerprint density at radius 3 is 2.63 bits per heavy atom. The first kappa shape index (κ1) is 19.2. The third-order valence-electron chi connectivity index (χ3n) is 4.53. The van der Waals surface area contributed by atoms with Crippen molar-refractivity contribution in [1.82, 2.24) is 19.1 Å². The number of anilines is 1. The van der Waals surface area contributed by atoms with Crippen molar-refractivity contribution in [2.45, 2.75) is 44.2 Å². The van der Waals surface area contributed by atoms with Gasteiger partial charge in [0.1, 0.15) is 12.0 Å². The molecule has 0 spiro atoms. The average molecular weight is 394 g/mol. The first-order chi connectivity index (χ1) is 12.9. The Morgan fingerprint density at radius 1 is 1.33 bits per heavy atom. The molecule has 11 heteroatoms. The van der Waals surface area contributed by atoms with Crippen molar-refractivity contribution < 1.29 is 13.3 Å². The Bertz CT molecular complexity index is 934. The highest BCUT2D eigenvalue weighted by Gasteiger charge is 2.27. The van der Waals surface area contributed by atoms with Gasteiger partial charge in [-0.15, -0.1) is 10.2 Å². The van der Waals surface area contributed by atoms with Crippen molar-refractivity contribution in [1.29, 1.82) is 0 Å². The third-order valence-corrected chi connectivity index (χ3v) is 6.58. The van der Waals surface area contributed by atoms with E-state index < -0.39 is 14.9 Å². The first-order valence-corrected chi connectivity index (χ1v) is 10.2. The molecule has 1 aliphatic rings. The van der Waals surface area contributed by atoms with Crippen LogP contribution in [0.15, 0.2) is 29.4 Å². The standard InChI is InChI=1S/C16H22N6O4S/c1-3-20(4-2)27(25,26)13-7-8-14(15(9-13)22(23)24)17-10-16-19-18-11-21(16)12-5-6-12/h7-9,11-12,17H,3-6,10H2,1-2H3. The lowest BCUT2D eigenvalue weighted by Crippen LogP contribution is -2.30. The summed E-state index contributed by atoms with van der Waals surface area (Å²) >= 11 is 0. The molecule has 10 nitrogen and oxygen atoms in total. The highest BCUT2D eigenvalue weighted by Crippen LogP contribution is 2.35. The molecule has 0 aliphatic heterocycles. The first-order valence-electron chi connectivity index (χ1n) is 8.79. The molecule has 27 heavy (non-hydrogen) atoms. The van der Waals surface area contributed by atoms with Gasteiger partial charge in [0.05, 0.1) is 16.4 Å². The van der Waals surface area contributed by atoms with E-state index in [1.54, 1.807) is 20.2 Å². The smallest absolute Gasteiger partial charge is 0.293 e. The molecule has 1 aromatic heterocycles. The van der Waals surface area contributed by atoms with Crippen molar-refractivity contribution in [2.75, 3.05) is 18.4 Å². The molecule has 0 radical (unpaired) electrons. The number of rotatable bonds is 9. The zero-order chi connectivity index (χ0) is 19.6. The van der Waals surface area contributed by atoms with E-state index in [2.05, 4.69) is 15.5 Å². The SMILES string of the molecule is CCN(CC)S(=O)(=O)c1ccc(NCc2nncn2C2CC2)c([N+](=O)[O-])c1. The van der Waals surface area contributed by atoms with Crippen LogP contribution in [0.1, 0.15) is 38.6 Å². The molecule has 1 fully saturated rings. The molecule has 0 amide bonds. The van der Waals surface area contributed by atoms with Crippen LogP contribution in [-0.4, -0.2) is 45.5 Å². The summed E-state index contributed by atoms with van der Waals surface area (Å²) in [6.07, 6.45) is 3.80. The molecule has 0 unspecified atom stereocenters. The van der Waals surface area contributed by atoms with Crippen molar-refractivity contribution >= 4 is 21.4 Å². The molecule has 0 atom stereocenters. The second-order valence-electron chi connectivity index (χ2n) is 6.26. The Kier molecular flexibility index (Phi) is 5.42. The fraction of sp³-hybridized carbons (Fsp3) is 0.500. The Balaban J connectivity index is 1.86. The van der Waals surface area contributed by atoms with Crippen LogP contribution in [0.2, 0.25) is 0 Å².